The highest BCUT2D eigenvalue weighted by molar-refractivity contribution is 5.93. The standard InChI is InChI=1S/C27H33N5O6/c1-15(2)24(28)26(36)32-21(12-17-13-29-20-6-4-3-5-19(17)20)25(35)30-14-23(34)31-22(27(37)38)11-16-7-9-18(33)10-8-16/h3-10,13,15,21-22,24,29,33H,11-12,14,28H2,1-2H3,(H,30,35)(H,31,34)(H,32,36)(H,37,38). The molecule has 202 valence electrons. The van der Waals surface area contributed by atoms with E-state index in [1.54, 1.807) is 32.2 Å². The number of amides is 3. The van der Waals surface area contributed by atoms with Crippen LogP contribution in [0.3, 0.4) is 0 Å². The molecule has 0 spiro atoms. The summed E-state index contributed by atoms with van der Waals surface area (Å²) in [6.07, 6.45) is 1.89. The number of aliphatic carboxylic acids is 1. The Bertz CT molecular complexity index is 1290. The van der Waals surface area contributed by atoms with Gasteiger partial charge < -0.3 is 36.9 Å². The number of para-hydroxylation sites is 1. The van der Waals surface area contributed by atoms with Crippen LogP contribution in [0.25, 0.3) is 10.9 Å². The first-order valence-corrected chi connectivity index (χ1v) is 12.2. The number of hydrogen-bond acceptors (Lipinski definition) is 6. The van der Waals surface area contributed by atoms with Crippen LogP contribution in [0.4, 0.5) is 0 Å². The van der Waals surface area contributed by atoms with E-state index >= 15 is 0 Å². The number of aromatic nitrogens is 1. The van der Waals surface area contributed by atoms with Crippen molar-refractivity contribution in [1.29, 1.82) is 0 Å². The van der Waals surface area contributed by atoms with Crippen molar-refractivity contribution in [3.8, 4) is 5.75 Å². The zero-order chi connectivity index (χ0) is 27.8. The molecule has 0 aliphatic carbocycles. The minimum Gasteiger partial charge on any atom is -0.508 e. The van der Waals surface area contributed by atoms with E-state index in [0.29, 0.717) is 5.56 Å². The van der Waals surface area contributed by atoms with Crippen molar-refractivity contribution in [2.24, 2.45) is 11.7 Å². The normalized spacial score (nSPS) is 13.5. The van der Waals surface area contributed by atoms with E-state index in [-0.39, 0.29) is 24.5 Å². The van der Waals surface area contributed by atoms with Crippen LogP contribution in [-0.2, 0) is 32.0 Å². The number of phenolic OH excluding ortho intramolecular Hbond substituents is 1. The predicted octanol–water partition coefficient (Wildman–Crippen LogP) is 0.812. The van der Waals surface area contributed by atoms with E-state index in [1.165, 1.54) is 12.1 Å². The number of carbonyl (C=O) groups is 4. The fourth-order valence-electron chi connectivity index (χ4n) is 3.90. The van der Waals surface area contributed by atoms with Crippen LogP contribution in [0.1, 0.15) is 25.0 Å². The van der Waals surface area contributed by atoms with Crippen LogP contribution < -0.4 is 21.7 Å². The van der Waals surface area contributed by atoms with Crippen molar-refractivity contribution < 1.29 is 29.4 Å². The fourth-order valence-corrected chi connectivity index (χ4v) is 3.90. The number of rotatable bonds is 12. The number of H-pyrrole nitrogens is 1. The molecule has 11 heteroatoms. The minimum atomic E-state index is -1.25. The molecule has 1 heterocycles. The number of aromatic hydroxyl groups is 1. The average Bonchev–Trinajstić information content (AvgIpc) is 3.29. The molecule has 0 aliphatic heterocycles. The van der Waals surface area contributed by atoms with E-state index < -0.39 is 48.4 Å². The van der Waals surface area contributed by atoms with Crippen LogP contribution in [-0.4, -0.2) is 63.6 Å². The third-order valence-corrected chi connectivity index (χ3v) is 6.19. The summed E-state index contributed by atoms with van der Waals surface area (Å²) in [6.45, 7) is 3.09. The number of carboxylic acids is 1. The molecule has 2 aromatic carbocycles. The second kappa shape index (κ2) is 12.7. The number of carboxylic acid groups (broad SMARTS) is 1. The van der Waals surface area contributed by atoms with Gasteiger partial charge in [0, 0.05) is 29.9 Å². The number of hydrogen-bond donors (Lipinski definition) is 7. The first kappa shape index (κ1) is 28.2. The molecular formula is C27H33N5O6. The first-order chi connectivity index (χ1) is 18.0. The zero-order valence-electron chi connectivity index (χ0n) is 21.2. The highest BCUT2D eigenvalue weighted by Crippen LogP contribution is 2.19. The molecule has 3 rings (SSSR count). The molecule has 11 nitrogen and oxygen atoms in total. The summed E-state index contributed by atoms with van der Waals surface area (Å²) >= 11 is 0. The molecule has 3 amide bonds. The van der Waals surface area contributed by atoms with Gasteiger partial charge in [-0.3, -0.25) is 14.4 Å². The number of aromatic amines is 1. The van der Waals surface area contributed by atoms with Gasteiger partial charge in [0.25, 0.3) is 0 Å². The van der Waals surface area contributed by atoms with Gasteiger partial charge in [-0.25, -0.2) is 4.79 Å². The van der Waals surface area contributed by atoms with Crippen molar-refractivity contribution in [3.05, 3.63) is 65.9 Å². The number of nitrogens with two attached hydrogens (primary N) is 1. The van der Waals surface area contributed by atoms with Crippen molar-refractivity contribution in [2.75, 3.05) is 6.54 Å². The summed E-state index contributed by atoms with van der Waals surface area (Å²) in [5, 5.41) is 27.4. The largest absolute Gasteiger partial charge is 0.508 e. The molecule has 3 unspecified atom stereocenters. The van der Waals surface area contributed by atoms with Gasteiger partial charge in [0.2, 0.25) is 17.7 Å². The van der Waals surface area contributed by atoms with E-state index in [2.05, 4.69) is 20.9 Å². The van der Waals surface area contributed by atoms with E-state index in [4.69, 9.17) is 5.73 Å². The Hall–Kier alpha value is -4.38. The summed E-state index contributed by atoms with van der Waals surface area (Å²) in [4.78, 5) is 53.0. The average molecular weight is 524 g/mol. The summed E-state index contributed by atoms with van der Waals surface area (Å²) < 4.78 is 0. The van der Waals surface area contributed by atoms with Gasteiger partial charge in [-0.1, -0.05) is 44.2 Å². The number of fused-ring (bicyclic) bond motifs is 1. The van der Waals surface area contributed by atoms with Crippen LogP contribution in [0.15, 0.2) is 54.7 Å². The van der Waals surface area contributed by atoms with Gasteiger partial charge in [0.15, 0.2) is 0 Å². The second-order valence-electron chi connectivity index (χ2n) is 9.44. The number of benzene rings is 2. The number of carbonyl (C=O) groups excluding carboxylic acids is 3. The molecule has 0 fully saturated rings. The molecule has 3 aromatic rings. The van der Waals surface area contributed by atoms with Crippen molar-refractivity contribution in [3.63, 3.8) is 0 Å². The fraction of sp³-hybridized carbons (Fsp3) is 0.333. The third-order valence-electron chi connectivity index (χ3n) is 6.19. The highest BCUT2D eigenvalue weighted by atomic mass is 16.4. The molecule has 0 radical (unpaired) electrons. The second-order valence-corrected chi connectivity index (χ2v) is 9.44. The first-order valence-electron chi connectivity index (χ1n) is 12.2. The molecule has 0 aliphatic rings. The van der Waals surface area contributed by atoms with Crippen LogP contribution in [0.2, 0.25) is 0 Å². The Labute approximate surface area is 219 Å². The highest BCUT2D eigenvalue weighted by Gasteiger charge is 2.27. The lowest BCUT2D eigenvalue weighted by atomic mass is 10.0. The molecule has 3 atom stereocenters. The SMILES string of the molecule is CC(C)C(N)C(=O)NC(Cc1c[nH]c2ccccc12)C(=O)NCC(=O)NC(Cc1ccc(O)cc1)C(=O)O. The van der Waals surface area contributed by atoms with Crippen LogP contribution >= 0.6 is 0 Å². The quantitative estimate of drug-likeness (QED) is 0.183. The van der Waals surface area contributed by atoms with Gasteiger partial charge in [-0.15, -0.1) is 0 Å². The zero-order valence-corrected chi connectivity index (χ0v) is 21.2. The smallest absolute Gasteiger partial charge is 0.326 e. The molecular weight excluding hydrogens is 490 g/mol. The van der Waals surface area contributed by atoms with Crippen molar-refractivity contribution in [2.45, 2.75) is 44.8 Å². The van der Waals surface area contributed by atoms with E-state index in [1.807, 2.05) is 24.3 Å². The van der Waals surface area contributed by atoms with E-state index in [9.17, 15) is 29.4 Å². The Balaban J connectivity index is 1.67. The van der Waals surface area contributed by atoms with Gasteiger partial charge in [-0.05, 0) is 35.2 Å². The lowest BCUT2D eigenvalue weighted by molar-refractivity contribution is -0.141. The van der Waals surface area contributed by atoms with Gasteiger partial charge in [-0.2, -0.15) is 0 Å². The Morgan fingerprint density at radius 3 is 2.26 bits per heavy atom. The maximum Gasteiger partial charge on any atom is 0.326 e. The minimum absolute atomic E-state index is 0.0123. The maximum absolute atomic E-state index is 13.1. The van der Waals surface area contributed by atoms with Crippen molar-refractivity contribution >= 4 is 34.6 Å². The monoisotopic (exact) mass is 523 g/mol. The predicted molar refractivity (Wildman–Crippen MR) is 141 cm³/mol. The summed E-state index contributed by atoms with van der Waals surface area (Å²) in [6, 6.07) is 10.4. The van der Waals surface area contributed by atoms with Crippen LogP contribution in [0, 0.1) is 5.92 Å². The number of phenols is 1. The van der Waals surface area contributed by atoms with Crippen molar-refractivity contribution in [1.82, 2.24) is 20.9 Å². The Morgan fingerprint density at radius 1 is 0.921 bits per heavy atom. The van der Waals surface area contributed by atoms with Gasteiger partial charge >= 0.3 is 5.97 Å². The Morgan fingerprint density at radius 2 is 1.61 bits per heavy atom. The molecule has 0 saturated heterocycles. The van der Waals surface area contributed by atoms with E-state index in [0.717, 1.165) is 16.5 Å². The third kappa shape index (κ3) is 7.56. The number of nitrogens with one attached hydrogen (secondary N) is 4. The Kier molecular flexibility index (Phi) is 9.44. The molecule has 0 saturated carbocycles. The molecule has 0 bridgehead atoms. The molecule has 38 heavy (non-hydrogen) atoms. The maximum atomic E-state index is 13.1. The van der Waals surface area contributed by atoms with Gasteiger partial charge in [0.1, 0.15) is 17.8 Å². The summed E-state index contributed by atoms with van der Waals surface area (Å²) in [5.41, 5.74) is 8.23. The molecule has 1 aromatic heterocycles. The lowest BCUT2D eigenvalue weighted by Crippen LogP contribution is -2.55. The van der Waals surface area contributed by atoms with Crippen LogP contribution in [0.5, 0.6) is 5.75 Å². The summed E-state index contributed by atoms with van der Waals surface area (Å²) in [5.74, 6) is -3.18. The topological polar surface area (TPSA) is 187 Å². The molecule has 8 N–H and O–H groups in total. The van der Waals surface area contributed by atoms with Gasteiger partial charge in [0.05, 0.1) is 12.6 Å². The lowest BCUT2D eigenvalue weighted by Gasteiger charge is -2.22. The summed E-state index contributed by atoms with van der Waals surface area (Å²) in [7, 11) is 0.